The summed E-state index contributed by atoms with van der Waals surface area (Å²) in [6.07, 6.45) is 1.37. The maximum atomic E-state index is 14.3. The third-order valence-corrected chi connectivity index (χ3v) is 7.37. The number of rotatable bonds is 5. The van der Waals surface area contributed by atoms with Gasteiger partial charge in [-0.1, -0.05) is 23.4 Å². The van der Waals surface area contributed by atoms with E-state index in [0.29, 0.717) is 41.4 Å². The highest BCUT2D eigenvalue weighted by molar-refractivity contribution is 5.85. The first-order valence-corrected chi connectivity index (χ1v) is 12.0. The summed E-state index contributed by atoms with van der Waals surface area (Å²) in [5.74, 6) is -3.47. The number of aromatic nitrogens is 2. The molecule has 2 aliphatic rings. The Balaban J connectivity index is 0.00000294. The van der Waals surface area contributed by atoms with Crippen LogP contribution < -0.4 is 0 Å². The summed E-state index contributed by atoms with van der Waals surface area (Å²) in [5, 5.41) is 13.3. The zero-order chi connectivity index (χ0) is 25.8. The summed E-state index contributed by atoms with van der Waals surface area (Å²) in [6, 6.07) is 12.7. The van der Waals surface area contributed by atoms with Gasteiger partial charge in [0.05, 0.1) is 5.92 Å². The van der Waals surface area contributed by atoms with Gasteiger partial charge in [0.1, 0.15) is 5.82 Å². The number of halogens is 4. The van der Waals surface area contributed by atoms with Gasteiger partial charge < -0.3 is 9.63 Å². The van der Waals surface area contributed by atoms with Crippen molar-refractivity contribution in [2.75, 3.05) is 0 Å². The minimum absolute atomic E-state index is 0. The highest BCUT2D eigenvalue weighted by atomic mass is 35.5. The first-order valence-electron chi connectivity index (χ1n) is 12.0. The van der Waals surface area contributed by atoms with Crippen LogP contribution >= 0.6 is 12.4 Å². The Morgan fingerprint density at radius 1 is 0.974 bits per heavy atom. The predicted octanol–water partition coefficient (Wildman–Crippen LogP) is 6.40. The average molecular weight is 542 g/mol. The molecule has 0 bridgehead atoms. The van der Waals surface area contributed by atoms with E-state index in [9.17, 15) is 18.0 Å². The Labute approximate surface area is 222 Å². The molecular weight excluding hydrogens is 519 g/mol. The molecule has 3 aromatic carbocycles. The van der Waals surface area contributed by atoms with Crippen LogP contribution in [-0.4, -0.2) is 32.2 Å². The monoisotopic (exact) mass is 541 g/mol. The van der Waals surface area contributed by atoms with E-state index in [2.05, 4.69) is 15.0 Å². The van der Waals surface area contributed by atoms with Crippen molar-refractivity contribution in [3.05, 3.63) is 82.7 Å². The molecule has 0 spiro atoms. The zero-order valence-corrected chi connectivity index (χ0v) is 21.1. The molecule has 4 aromatic rings. The second kappa shape index (κ2) is 9.89. The van der Waals surface area contributed by atoms with E-state index in [1.165, 1.54) is 5.56 Å². The first kappa shape index (κ1) is 25.9. The second-order valence-electron chi connectivity index (χ2n) is 9.75. The number of aryl methyl sites for hydroxylation is 1. The second-order valence-corrected chi connectivity index (χ2v) is 9.75. The summed E-state index contributed by atoms with van der Waals surface area (Å²) >= 11 is 0. The Hall–Kier alpha value is -3.69. The molecule has 1 aliphatic heterocycles. The van der Waals surface area contributed by atoms with E-state index in [4.69, 9.17) is 9.63 Å². The number of carboxylic acids is 1. The molecule has 0 saturated heterocycles. The molecule has 196 valence electrons. The van der Waals surface area contributed by atoms with Crippen molar-refractivity contribution in [1.82, 2.24) is 15.0 Å². The molecule has 0 atom stereocenters. The molecule has 1 fully saturated rings. The number of hydrogen-bond acceptors (Lipinski definition) is 5. The van der Waals surface area contributed by atoms with E-state index in [1.54, 1.807) is 25.1 Å². The van der Waals surface area contributed by atoms with Crippen molar-refractivity contribution in [3.63, 3.8) is 0 Å². The van der Waals surface area contributed by atoms with Crippen LogP contribution in [-0.2, 0) is 17.9 Å². The minimum atomic E-state index is -1.24. The van der Waals surface area contributed by atoms with Gasteiger partial charge in [-0.25, -0.2) is 13.2 Å². The van der Waals surface area contributed by atoms with Gasteiger partial charge in [-0.3, -0.25) is 9.69 Å². The highest BCUT2D eigenvalue weighted by Gasteiger charge is 2.39. The third kappa shape index (κ3) is 4.56. The SMILES string of the molecule is Cc1cc(-c2nc(-c3ccc4c(c3)CN(C3CC(C(=O)O)C3)C4)no2)ccc1-c1cc(F)cc(F)c1F.Cl. The molecular formula is C28H23ClF3N3O3. The predicted molar refractivity (Wildman–Crippen MR) is 136 cm³/mol. The summed E-state index contributed by atoms with van der Waals surface area (Å²) in [7, 11) is 0. The fraction of sp³-hybridized carbons (Fsp3) is 0.250. The van der Waals surface area contributed by atoms with Crippen LogP contribution in [0.15, 0.2) is 53.1 Å². The molecule has 38 heavy (non-hydrogen) atoms. The highest BCUT2D eigenvalue weighted by Crippen LogP contribution is 2.38. The van der Waals surface area contributed by atoms with Crippen LogP contribution in [0.3, 0.4) is 0 Å². The van der Waals surface area contributed by atoms with Gasteiger partial charge in [0.2, 0.25) is 5.82 Å². The molecule has 6 nitrogen and oxygen atoms in total. The summed E-state index contributed by atoms with van der Waals surface area (Å²) < 4.78 is 47.2. The molecule has 6 rings (SSSR count). The summed E-state index contributed by atoms with van der Waals surface area (Å²) in [4.78, 5) is 18.0. The van der Waals surface area contributed by atoms with Gasteiger partial charge in [-0.15, -0.1) is 12.4 Å². The largest absolute Gasteiger partial charge is 0.481 e. The number of aliphatic carboxylic acids is 1. The Morgan fingerprint density at radius 2 is 1.71 bits per heavy atom. The van der Waals surface area contributed by atoms with Gasteiger partial charge in [0, 0.05) is 41.9 Å². The van der Waals surface area contributed by atoms with Crippen LogP contribution in [0.2, 0.25) is 0 Å². The van der Waals surface area contributed by atoms with E-state index in [-0.39, 0.29) is 35.8 Å². The fourth-order valence-electron chi connectivity index (χ4n) is 5.21. The first-order chi connectivity index (χ1) is 17.8. The quantitative estimate of drug-likeness (QED) is 0.295. The smallest absolute Gasteiger partial charge is 0.306 e. The standard InChI is InChI=1S/C28H22F3N3O3.ClH/c1-14-6-16(4-5-22(14)23-10-20(29)11-24(30)25(23)31)27-32-26(33-37-27)15-2-3-17-12-34(13-19(17)7-15)21-8-18(9-21)28(35)36;/h2-7,10-11,18,21H,8-9,12-13H2,1H3,(H,35,36);1H. The van der Waals surface area contributed by atoms with Gasteiger partial charge in [0.15, 0.2) is 11.6 Å². The Kier molecular flexibility index (Phi) is 6.75. The Morgan fingerprint density at radius 3 is 2.45 bits per heavy atom. The number of fused-ring (bicyclic) bond motifs is 1. The topological polar surface area (TPSA) is 79.5 Å². The number of hydrogen-bond donors (Lipinski definition) is 1. The summed E-state index contributed by atoms with van der Waals surface area (Å²) in [6.45, 7) is 3.26. The molecule has 1 saturated carbocycles. The Bertz CT molecular complexity index is 1550. The lowest BCUT2D eigenvalue weighted by molar-refractivity contribution is -0.147. The third-order valence-electron chi connectivity index (χ3n) is 7.37. The van der Waals surface area contributed by atoms with Crippen molar-refractivity contribution in [3.8, 4) is 34.0 Å². The molecule has 1 N–H and O–H groups in total. The molecule has 10 heteroatoms. The van der Waals surface area contributed by atoms with Crippen molar-refractivity contribution in [1.29, 1.82) is 0 Å². The number of nitrogens with zero attached hydrogens (tertiary/aromatic N) is 3. The molecule has 0 radical (unpaired) electrons. The van der Waals surface area contributed by atoms with Crippen molar-refractivity contribution >= 4 is 18.4 Å². The van der Waals surface area contributed by atoms with E-state index >= 15 is 0 Å². The van der Waals surface area contributed by atoms with E-state index < -0.39 is 23.4 Å². The molecule has 0 unspecified atom stereocenters. The number of benzene rings is 3. The lowest BCUT2D eigenvalue weighted by atomic mass is 9.79. The van der Waals surface area contributed by atoms with E-state index in [0.717, 1.165) is 30.3 Å². The fourth-order valence-corrected chi connectivity index (χ4v) is 5.21. The van der Waals surface area contributed by atoms with Crippen LogP contribution in [0.5, 0.6) is 0 Å². The number of carbonyl (C=O) groups is 1. The van der Waals surface area contributed by atoms with E-state index in [1.807, 2.05) is 18.2 Å². The van der Waals surface area contributed by atoms with Gasteiger partial charge in [0.25, 0.3) is 5.89 Å². The summed E-state index contributed by atoms with van der Waals surface area (Å²) in [5.41, 5.74) is 4.58. The normalized spacial score (nSPS) is 18.5. The average Bonchev–Trinajstić information content (AvgIpc) is 3.47. The van der Waals surface area contributed by atoms with Gasteiger partial charge in [-0.05, 0) is 66.3 Å². The van der Waals surface area contributed by atoms with Crippen molar-refractivity contribution in [2.45, 2.75) is 38.9 Å². The van der Waals surface area contributed by atoms with Crippen molar-refractivity contribution in [2.24, 2.45) is 5.92 Å². The van der Waals surface area contributed by atoms with Crippen LogP contribution in [0.1, 0.15) is 29.5 Å². The maximum absolute atomic E-state index is 14.3. The number of carboxylic acid groups (broad SMARTS) is 1. The van der Waals surface area contributed by atoms with Crippen LogP contribution in [0.25, 0.3) is 34.0 Å². The van der Waals surface area contributed by atoms with Crippen LogP contribution in [0.4, 0.5) is 13.2 Å². The van der Waals surface area contributed by atoms with Crippen molar-refractivity contribution < 1.29 is 27.6 Å². The maximum Gasteiger partial charge on any atom is 0.306 e. The lowest BCUT2D eigenvalue weighted by Crippen LogP contribution is -2.44. The molecule has 1 aromatic heterocycles. The lowest BCUT2D eigenvalue weighted by Gasteiger charge is -2.39. The van der Waals surface area contributed by atoms with Crippen LogP contribution in [0, 0.1) is 30.3 Å². The van der Waals surface area contributed by atoms with Gasteiger partial charge in [-0.2, -0.15) is 4.98 Å². The molecule has 2 heterocycles. The molecule has 1 aliphatic carbocycles. The zero-order valence-electron chi connectivity index (χ0n) is 20.2. The van der Waals surface area contributed by atoms with Gasteiger partial charge >= 0.3 is 5.97 Å². The minimum Gasteiger partial charge on any atom is -0.481 e. The molecule has 0 amide bonds.